The number of carboxylic acids is 1. The fraction of sp³-hybridized carbons (Fsp3) is 0.579. The molecule has 1 aromatic carbocycles. The summed E-state index contributed by atoms with van der Waals surface area (Å²) in [4.78, 5) is 25.5. The van der Waals surface area contributed by atoms with Gasteiger partial charge >= 0.3 is 24.4 Å². The zero-order chi connectivity index (χ0) is 24.3. The van der Waals surface area contributed by atoms with Crippen LogP contribution in [0.1, 0.15) is 18.1 Å². The van der Waals surface area contributed by atoms with Crippen LogP contribution in [0.15, 0.2) is 18.2 Å². The van der Waals surface area contributed by atoms with Crippen LogP contribution in [0.3, 0.4) is 0 Å². The normalized spacial score (nSPS) is 16.7. The van der Waals surface area contributed by atoms with Crippen molar-refractivity contribution in [1.82, 2.24) is 9.80 Å². The highest BCUT2D eigenvalue weighted by atomic mass is 19.4. The molecule has 0 bridgehead atoms. The van der Waals surface area contributed by atoms with Gasteiger partial charge in [0.15, 0.2) is 6.10 Å². The number of hydrogen-bond donors (Lipinski definition) is 1. The molecule has 0 aromatic heterocycles. The van der Waals surface area contributed by atoms with Crippen molar-refractivity contribution in [2.24, 2.45) is 0 Å². The number of alkyl halides is 6. The molecule has 0 saturated carbocycles. The monoisotopic (exact) mass is 472 g/mol. The number of aliphatic carboxylic acids is 1. The predicted octanol–water partition coefficient (Wildman–Crippen LogP) is 3.59. The lowest BCUT2D eigenvalue weighted by molar-refractivity contribution is -0.308. The Morgan fingerprint density at radius 2 is 1.62 bits per heavy atom. The second-order valence-electron chi connectivity index (χ2n) is 7.32. The molecule has 0 aliphatic carbocycles. The number of ether oxygens (including phenoxy) is 2. The minimum Gasteiger partial charge on any atom is -0.479 e. The van der Waals surface area contributed by atoms with E-state index in [0.29, 0.717) is 11.3 Å². The van der Waals surface area contributed by atoms with Crippen LogP contribution in [0, 0.1) is 6.92 Å². The lowest BCUT2D eigenvalue weighted by Gasteiger charge is -2.35. The molecule has 1 amide bonds. The molecule has 0 unspecified atom stereocenters. The van der Waals surface area contributed by atoms with E-state index in [-0.39, 0.29) is 32.7 Å². The topological polar surface area (TPSA) is 79.3 Å². The molecule has 1 atom stereocenters. The Kier molecular flexibility index (Phi) is 7.86. The van der Waals surface area contributed by atoms with E-state index >= 15 is 0 Å². The molecule has 180 valence electrons. The zero-order valence-electron chi connectivity index (χ0n) is 17.2. The van der Waals surface area contributed by atoms with Gasteiger partial charge in [0.05, 0.1) is 0 Å². The van der Waals surface area contributed by atoms with Gasteiger partial charge in [-0.15, -0.1) is 0 Å². The van der Waals surface area contributed by atoms with Gasteiger partial charge in [0, 0.05) is 38.3 Å². The van der Waals surface area contributed by atoms with E-state index < -0.39 is 36.6 Å². The van der Waals surface area contributed by atoms with Crippen molar-refractivity contribution in [3.05, 3.63) is 29.3 Å². The first-order valence-electron chi connectivity index (χ1n) is 9.49. The Labute approximate surface area is 179 Å². The number of halogens is 6. The minimum atomic E-state index is -5.77. The average molecular weight is 472 g/mol. The first-order chi connectivity index (χ1) is 14.7. The van der Waals surface area contributed by atoms with Crippen molar-refractivity contribution in [3.8, 4) is 5.75 Å². The molecule has 13 heteroatoms. The summed E-state index contributed by atoms with van der Waals surface area (Å²) in [5, 5.41) is 9.04. The molecule has 0 radical (unpaired) electrons. The van der Waals surface area contributed by atoms with Crippen molar-refractivity contribution in [2.75, 3.05) is 26.2 Å². The van der Waals surface area contributed by atoms with Gasteiger partial charge in [0.1, 0.15) is 5.75 Å². The number of hydrogen-bond acceptors (Lipinski definition) is 5. The van der Waals surface area contributed by atoms with Crippen LogP contribution in [-0.2, 0) is 16.1 Å². The number of carboxylic acid groups (broad SMARTS) is 1. The van der Waals surface area contributed by atoms with Crippen molar-refractivity contribution >= 4 is 12.1 Å². The van der Waals surface area contributed by atoms with Crippen molar-refractivity contribution in [1.29, 1.82) is 0 Å². The van der Waals surface area contributed by atoms with Crippen LogP contribution in [0.4, 0.5) is 31.1 Å². The highest BCUT2D eigenvalue weighted by Gasteiger charge is 2.60. The van der Waals surface area contributed by atoms with Crippen LogP contribution in [-0.4, -0.2) is 77.7 Å². The molecule has 7 nitrogen and oxygen atoms in total. The Balaban J connectivity index is 1.99. The minimum absolute atomic E-state index is 0.144. The van der Waals surface area contributed by atoms with E-state index in [1.807, 2.05) is 0 Å². The summed E-state index contributed by atoms with van der Waals surface area (Å²) < 4.78 is 84.7. The third-order valence-corrected chi connectivity index (χ3v) is 4.71. The fourth-order valence-electron chi connectivity index (χ4n) is 2.97. The Bertz CT molecular complexity index is 807. The zero-order valence-corrected chi connectivity index (χ0v) is 17.2. The van der Waals surface area contributed by atoms with Crippen molar-refractivity contribution < 1.29 is 50.5 Å². The summed E-state index contributed by atoms with van der Waals surface area (Å²) in [6, 6.07) is 5.18. The smallest absolute Gasteiger partial charge is 0.434 e. The number of nitrogens with zero attached hydrogens (tertiary/aromatic N) is 2. The third kappa shape index (κ3) is 6.90. The van der Waals surface area contributed by atoms with E-state index in [9.17, 15) is 35.9 Å². The number of rotatable bonds is 6. The lowest BCUT2D eigenvalue weighted by atomic mass is 10.1. The number of amides is 1. The fourth-order valence-corrected chi connectivity index (χ4v) is 2.97. The van der Waals surface area contributed by atoms with Crippen LogP contribution < -0.4 is 4.74 Å². The first-order valence-corrected chi connectivity index (χ1v) is 9.49. The van der Waals surface area contributed by atoms with E-state index in [1.54, 1.807) is 30.0 Å². The van der Waals surface area contributed by atoms with Gasteiger partial charge in [-0.05, 0) is 25.5 Å². The van der Waals surface area contributed by atoms with E-state index in [1.165, 1.54) is 6.92 Å². The maximum Gasteiger partial charge on any atom is 0.434 e. The van der Waals surface area contributed by atoms with Crippen molar-refractivity contribution in [3.63, 3.8) is 0 Å². The van der Waals surface area contributed by atoms with Gasteiger partial charge in [-0.2, -0.15) is 26.3 Å². The summed E-state index contributed by atoms with van der Waals surface area (Å²) in [5.41, 5.74) is 1.48. The number of aryl methyl sites for hydroxylation is 1. The van der Waals surface area contributed by atoms with Gasteiger partial charge in [0.25, 0.3) is 6.10 Å². The van der Waals surface area contributed by atoms with Gasteiger partial charge in [0.2, 0.25) is 0 Å². The van der Waals surface area contributed by atoms with Gasteiger partial charge in [-0.25, -0.2) is 9.59 Å². The third-order valence-electron chi connectivity index (χ3n) is 4.71. The maximum absolute atomic E-state index is 12.6. The highest BCUT2D eigenvalue weighted by molar-refractivity contribution is 5.72. The number of piperazine rings is 1. The summed E-state index contributed by atoms with van der Waals surface area (Å²) in [7, 11) is 0. The Morgan fingerprint density at radius 3 is 2.12 bits per heavy atom. The summed E-state index contributed by atoms with van der Waals surface area (Å²) in [6.07, 6.45) is -18.5. The second kappa shape index (κ2) is 9.84. The quantitative estimate of drug-likeness (QED) is 0.638. The molecular weight excluding hydrogens is 450 g/mol. The lowest BCUT2D eigenvalue weighted by Crippen LogP contribution is -2.52. The Hall–Kier alpha value is -2.70. The largest absolute Gasteiger partial charge is 0.479 e. The molecule has 1 aliphatic heterocycles. The van der Waals surface area contributed by atoms with Gasteiger partial charge in [-0.1, -0.05) is 12.1 Å². The van der Waals surface area contributed by atoms with Gasteiger partial charge in [-0.3, -0.25) is 4.90 Å². The standard InChI is InChI=1S/C19H22F6N2O5/c1-11-3-4-13(14(9-11)31-12(2)15(28)29)10-26-5-7-27(8-6-26)17(30)32-16(18(20,21)22)19(23,24)25/h3-4,9,12,16H,5-8,10H2,1-2H3,(H,28,29)/t12-/m0/s1. The van der Waals surface area contributed by atoms with E-state index in [4.69, 9.17) is 9.84 Å². The maximum atomic E-state index is 12.6. The SMILES string of the molecule is Cc1ccc(CN2CCN(C(=O)OC(C(F)(F)F)C(F)(F)F)CC2)c(O[C@@H](C)C(=O)O)c1. The molecule has 1 fully saturated rings. The van der Waals surface area contributed by atoms with E-state index in [2.05, 4.69) is 4.74 Å². The molecule has 1 saturated heterocycles. The second-order valence-corrected chi connectivity index (χ2v) is 7.32. The molecule has 1 N–H and O–H groups in total. The van der Waals surface area contributed by atoms with Crippen LogP contribution in [0.2, 0.25) is 0 Å². The van der Waals surface area contributed by atoms with Crippen LogP contribution in [0.5, 0.6) is 5.75 Å². The van der Waals surface area contributed by atoms with Crippen molar-refractivity contribution in [2.45, 2.75) is 45.0 Å². The summed E-state index contributed by atoms with van der Waals surface area (Å²) >= 11 is 0. The first kappa shape index (κ1) is 25.6. The molecule has 1 aliphatic rings. The molecule has 1 heterocycles. The highest BCUT2D eigenvalue weighted by Crippen LogP contribution is 2.36. The molecule has 2 rings (SSSR count). The van der Waals surface area contributed by atoms with Gasteiger partial charge < -0.3 is 19.5 Å². The van der Waals surface area contributed by atoms with Crippen LogP contribution >= 0.6 is 0 Å². The molecule has 0 spiro atoms. The average Bonchev–Trinajstić information content (AvgIpc) is 2.66. The molecule has 32 heavy (non-hydrogen) atoms. The molecule has 1 aromatic rings. The Morgan fingerprint density at radius 1 is 1.06 bits per heavy atom. The van der Waals surface area contributed by atoms with Crippen LogP contribution in [0.25, 0.3) is 0 Å². The number of carbonyl (C=O) groups is 2. The number of carbonyl (C=O) groups excluding carboxylic acids is 1. The van der Waals surface area contributed by atoms with E-state index in [0.717, 1.165) is 10.5 Å². The number of benzene rings is 1. The summed E-state index contributed by atoms with van der Waals surface area (Å²) in [5.74, 6) is -0.805. The predicted molar refractivity (Wildman–Crippen MR) is 98.1 cm³/mol. The molecular formula is C19H22F6N2O5. The summed E-state index contributed by atoms with van der Waals surface area (Å²) in [6.45, 7) is 3.46.